The zero-order chi connectivity index (χ0) is 28.8. The van der Waals surface area contributed by atoms with Gasteiger partial charge in [-0.15, -0.1) is 0 Å². The highest BCUT2D eigenvalue weighted by Crippen LogP contribution is 2.67. The second-order valence-corrected chi connectivity index (χ2v) is 12.5. The predicted molar refractivity (Wildman–Crippen MR) is 137 cm³/mol. The minimum absolute atomic E-state index is 0.00342. The van der Waals surface area contributed by atoms with Gasteiger partial charge in [0.2, 0.25) is 11.7 Å². The van der Waals surface area contributed by atoms with E-state index in [1.54, 1.807) is 6.08 Å². The van der Waals surface area contributed by atoms with E-state index in [1.165, 1.54) is 0 Å². The number of carboxylic acid groups (broad SMARTS) is 1. The maximum atomic E-state index is 13.3. The van der Waals surface area contributed by atoms with E-state index in [2.05, 4.69) is 24.9 Å². The van der Waals surface area contributed by atoms with Gasteiger partial charge in [0.05, 0.1) is 18.5 Å². The van der Waals surface area contributed by atoms with E-state index in [1.807, 2.05) is 6.92 Å². The van der Waals surface area contributed by atoms with E-state index in [0.29, 0.717) is 19.3 Å². The lowest BCUT2D eigenvalue weighted by Crippen LogP contribution is -2.62. The van der Waals surface area contributed by atoms with Gasteiger partial charge >= 0.3 is 5.97 Å². The third-order valence-electron chi connectivity index (χ3n) is 10.2. The van der Waals surface area contributed by atoms with Crippen molar-refractivity contribution >= 4 is 42.0 Å². The molecule has 1 amide bonds. The van der Waals surface area contributed by atoms with Gasteiger partial charge in [-0.25, -0.2) is 0 Å². The topological polar surface area (TPSA) is 170 Å². The van der Waals surface area contributed by atoms with E-state index < -0.39 is 53.4 Å². The second-order valence-electron chi connectivity index (χ2n) is 12.2. The number of nitrogens with one attached hydrogen (secondary N) is 1. The van der Waals surface area contributed by atoms with Crippen LogP contribution in [0.5, 0.6) is 0 Å². The van der Waals surface area contributed by atoms with E-state index in [4.69, 9.17) is 4.74 Å². The van der Waals surface area contributed by atoms with Crippen LogP contribution in [0.2, 0.25) is 0 Å². The highest BCUT2D eigenvalue weighted by molar-refractivity contribution is 7.58. The van der Waals surface area contributed by atoms with Crippen LogP contribution >= 0.6 is 0 Å². The molecule has 3 N–H and O–H groups in total. The molecule has 216 valence electrons. The van der Waals surface area contributed by atoms with Crippen molar-refractivity contribution < 1.29 is 44.0 Å². The summed E-state index contributed by atoms with van der Waals surface area (Å²) in [4.78, 5) is 60.3. The van der Waals surface area contributed by atoms with Crippen molar-refractivity contribution in [1.82, 2.24) is 5.32 Å². The highest BCUT2D eigenvalue weighted by Gasteiger charge is 2.68. The number of carbonyl (C=O) groups excluding carboxylic acids is 5. The number of ketones is 2. The van der Waals surface area contributed by atoms with Crippen LogP contribution in [0.3, 0.4) is 0 Å². The van der Waals surface area contributed by atoms with E-state index in [9.17, 15) is 39.3 Å². The van der Waals surface area contributed by atoms with Crippen LogP contribution in [-0.2, 0) is 41.3 Å². The Kier molecular flexibility index (Phi) is 8.36. The van der Waals surface area contributed by atoms with Gasteiger partial charge in [-0.05, 0) is 67.8 Å². The van der Waals surface area contributed by atoms with Gasteiger partial charge in [0, 0.05) is 24.3 Å². The predicted octanol–water partition coefficient (Wildman–Crippen LogP) is -0.106. The van der Waals surface area contributed by atoms with Crippen LogP contribution < -0.4 is 10.4 Å². The van der Waals surface area contributed by atoms with Gasteiger partial charge in [-0.1, -0.05) is 19.4 Å². The first-order valence-electron chi connectivity index (χ1n) is 13.7. The number of carboxylic acids is 1. The molecule has 0 heterocycles. The standard InChI is InChI=1S/C28H39NO9S/c1-26-9-7-16(30)11-15(26)3-4-17-18-8-10-28(37,27(18,2)12-20(31)24(17)26)21(32)13-38-23(34)6-5-22(33)29-19(14-39)25(35)36/h11,17-20,24,31,37,39H,3-10,12-14H2,1-2H3,(H,29,33)(H,35,36)/p-2/t17-,18+,19-,20-,24+,26-,27+,28-/m1/s1. The molecule has 4 rings (SSSR count). The third-order valence-corrected chi connectivity index (χ3v) is 10.5. The fourth-order valence-electron chi connectivity index (χ4n) is 8.14. The van der Waals surface area contributed by atoms with Crippen molar-refractivity contribution in [2.45, 2.75) is 89.4 Å². The number of Topliss-reactive ketones (excluding diaryl/α,β-unsaturated/α-hetero) is 1. The molecule has 4 aliphatic rings. The lowest BCUT2D eigenvalue weighted by molar-refractivity contribution is -0.307. The molecule has 4 aliphatic carbocycles. The molecule has 0 bridgehead atoms. The van der Waals surface area contributed by atoms with Crippen molar-refractivity contribution in [3.05, 3.63) is 11.6 Å². The van der Waals surface area contributed by atoms with E-state index >= 15 is 0 Å². The summed E-state index contributed by atoms with van der Waals surface area (Å²) in [7, 11) is 0. The summed E-state index contributed by atoms with van der Waals surface area (Å²) in [6.07, 6.45) is 4.00. The van der Waals surface area contributed by atoms with Crippen LogP contribution in [0.4, 0.5) is 0 Å². The molecule has 8 atom stereocenters. The first-order valence-corrected chi connectivity index (χ1v) is 14.3. The Balaban J connectivity index is 1.39. The van der Waals surface area contributed by atoms with Gasteiger partial charge < -0.3 is 42.8 Å². The van der Waals surface area contributed by atoms with Crippen LogP contribution in [0, 0.1) is 28.6 Å². The first kappa shape index (κ1) is 29.7. The second kappa shape index (κ2) is 11.0. The Morgan fingerprint density at radius 2 is 1.90 bits per heavy atom. The Hall–Kier alpha value is -2.24. The molecular formula is C28H37NO9S-2. The summed E-state index contributed by atoms with van der Waals surface area (Å²) in [5.41, 5.74) is -1.85. The van der Waals surface area contributed by atoms with Gasteiger partial charge in [-0.2, -0.15) is 5.75 Å². The van der Waals surface area contributed by atoms with Crippen molar-refractivity contribution in [3.8, 4) is 0 Å². The number of aliphatic carboxylic acids is 1. The highest BCUT2D eigenvalue weighted by atomic mass is 32.1. The van der Waals surface area contributed by atoms with Gasteiger partial charge in [-0.3, -0.25) is 19.2 Å². The summed E-state index contributed by atoms with van der Waals surface area (Å²) in [6, 6.07) is -1.34. The molecule has 0 unspecified atom stereocenters. The quantitative estimate of drug-likeness (QED) is 0.254. The Morgan fingerprint density at radius 3 is 2.56 bits per heavy atom. The molecule has 0 aromatic rings. The molecule has 10 nitrogen and oxygen atoms in total. The normalized spacial score (nSPS) is 38.0. The lowest BCUT2D eigenvalue weighted by Gasteiger charge is -2.60. The summed E-state index contributed by atoms with van der Waals surface area (Å²) < 4.78 is 5.09. The van der Waals surface area contributed by atoms with Crippen molar-refractivity contribution in [1.29, 1.82) is 0 Å². The van der Waals surface area contributed by atoms with Gasteiger partial charge in [0.25, 0.3) is 0 Å². The lowest BCUT2D eigenvalue weighted by atomic mass is 9.45. The number of carbonyl (C=O) groups is 5. The number of aliphatic hydroxyl groups is 2. The van der Waals surface area contributed by atoms with Gasteiger partial charge in [0.15, 0.2) is 12.4 Å². The molecule has 0 aliphatic heterocycles. The van der Waals surface area contributed by atoms with Crippen LogP contribution in [0.25, 0.3) is 0 Å². The largest absolute Gasteiger partial charge is 0.790 e. The maximum absolute atomic E-state index is 13.3. The molecule has 11 heteroatoms. The summed E-state index contributed by atoms with van der Waals surface area (Å²) >= 11 is 4.64. The summed E-state index contributed by atoms with van der Waals surface area (Å²) in [5, 5.41) is 36.2. The Morgan fingerprint density at radius 1 is 1.18 bits per heavy atom. The number of rotatable bonds is 9. The molecule has 0 spiro atoms. The number of hydrogen-bond acceptors (Lipinski definition) is 10. The summed E-state index contributed by atoms with van der Waals surface area (Å²) in [5.74, 6) is -3.81. The molecular weight excluding hydrogens is 526 g/mol. The number of fused-ring (bicyclic) bond motifs is 5. The Labute approximate surface area is 233 Å². The molecule has 39 heavy (non-hydrogen) atoms. The number of aliphatic hydroxyl groups excluding tert-OH is 1. The minimum atomic E-state index is -1.77. The number of hydrogen-bond donors (Lipinski definition) is 3. The van der Waals surface area contributed by atoms with E-state index in [-0.39, 0.29) is 60.4 Å². The van der Waals surface area contributed by atoms with Gasteiger partial charge in [0.1, 0.15) is 5.60 Å². The molecule has 0 aromatic carbocycles. The average molecular weight is 564 g/mol. The van der Waals surface area contributed by atoms with Crippen molar-refractivity contribution in [2.75, 3.05) is 12.4 Å². The minimum Gasteiger partial charge on any atom is -0.790 e. The Bertz CT molecular complexity index is 1090. The van der Waals surface area contributed by atoms with E-state index in [0.717, 1.165) is 18.4 Å². The van der Waals surface area contributed by atoms with Crippen LogP contribution in [0.1, 0.15) is 71.6 Å². The number of esters is 1. The molecule has 3 fully saturated rings. The molecule has 0 saturated heterocycles. The first-order chi connectivity index (χ1) is 18.3. The maximum Gasteiger partial charge on any atom is 0.306 e. The fourth-order valence-corrected chi connectivity index (χ4v) is 8.36. The number of amides is 1. The third kappa shape index (κ3) is 5.17. The average Bonchev–Trinajstić information content (AvgIpc) is 3.15. The fraction of sp³-hybridized carbons (Fsp3) is 0.750. The number of ether oxygens (including phenoxy) is 1. The number of allylic oxidation sites excluding steroid dienone is 1. The van der Waals surface area contributed by atoms with Crippen LogP contribution in [-0.4, -0.2) is 69.7 Å². The van der Waals surface area contributed by atoms with Crippen LogP contribution in [0.15, 0.2) is 11.6 Å². The SMILES string of the molecule is C[C@]12C[C@@H](O)[C@@H]3[C@H](CCC4=CC(=O)CC[C@]43C)[C@@H]1CC[C@@]2(O)C(=O)COC(=O)CCC(=O)N[C@H](C[S-])C(=O)[O-]. The zero-order valence-corrected chi connectivity index (χ0v) is 23.2. The summed E-state index contributed by atoms with van der Waals surface area (Å²) in [6.45, 7) is 3.32. The smallest absolute Gasteiger partial charge is 0.306 e. The molecule has 0 aromatic heterocycles. The van der Waals surface area contributed by atoms with Crippen molar-refractivity contribution in [3.63, 3.8) is 0 Å². The molecule has 3 saturated carbocycles. The zero-order valence-electron chi connectivity index (χ0n) is 22.4. The van der Waals surface area contributed by atoms with Crippen molar-refractivity contribution in [2.24, 2.45) is 28.6 Å². The molecule has 0 radical (unpaired) electrons. The monoisotopic (exact) mass is 563 g/mol.